The molecule has 2 aliphatic rings. The van der Waals surface area contributed by atoms with Gasteiger partial charge in [-0.1, -0.05) is 20.8 Å². The van der Waals surface area contributed by atoms with Gasteiger partial charge in [0.25, 0.3) is 0 Å². The average molecular weight is 237 g/mol. The smallest absolute Gasteiger partial charge is 0.0125 e. The highest BCUT2D eigenvalue weighted by Crippen LogP contribution is 2.46. The molecule has 1 nitrogen and oxygen atoms in total. The molecule has 1 aliphatic carbocycles. The van der Waals surface area contributed by atoms with Gasteiger partial charge in [-0.2, -0.15) is 0 Å². The highest BCUT2D eigenvalue weighted by atomic mass is 15.2. The molecule has 1 heteroatoms. The number of likely N-dealkylation sites (tertiary alicyclic amines) is 1. The quantitative estimate of drug-likeness (QED) is 0.611. The topological polar surface area (TPSA) is 3.24 Å². The molecule has 100 valence electrons. The van der Waals surface area contributed by atoms with Crippen LogP contribution in [0, 0.1) is 23.2 Å². The van der Waals surface area contributed by atoms with Crippen LogP contribution in [-0.2, 0) is 0 Å². The van der Waals surface area contributed by atoms with Crippen molar-refractivity contribution in [3.05, 3.63) is 0 Å². The Morgan fingerprint density at radius 3 is 1.94 bits per heavy atom. The van der Waals surface area contributed by atoms with Crippen LogP contribution in [0.25, 0.3) is 0 Å². The van der Waals surface area contributed by atoms with Crippen LogP contribution in [0.1, 0.15) is 60.8 Å². The molecule has 17 heavy (non-hydrogen) atoms. The maximum absolute atomic E-state index is 2.72. The SMILES string of the molecule is CC(C)(C)C1CCC2CN(C(C)(C)C)CC2C1. The first-order chi connectivity index (χ1) is 7.68. The summed E-state index contributed by atoms with van der Waals surface area (Å²) in [6.07, 6.45) is 4.41. The molecular weight excluding hydrogens is 206 g/mol. The lowest BCUT2D eigenvalue weighted by Gasteiger charge is -2.39. The predicted molar refractivity (Wildman–Crippen MR) is 75.1 cm³/mol. The van der Waals surface area contributed by atoms with Gasteiger partial charge in [-0.3, -0.25) is 4.90 Å². The number of fused-ring (bicyclic) bond motifs is 1. The van der Waals surface area contributed by atoms with E-state index in [1.165, 1.54) is 32.4 Å². The summed E-state index contributed by atoms with van der Waals surface area (Å²) in [6.45, 7) is 17.1. The molecule has 3 unspecified atom stereocenters. The van der Waals surface area contributed by atoms with Crippen molar-refractivity contribution in [2.24, 2.45) is 23.2 Å². The van der Waals surface area contributed by atoms with Crippen molar-refractivity contribution in [2.45, 2.75) is 66.3 Å². The Morgan fingerprint density at radius 1 is 0.824 bits per heavy atom. The van der Waals surface area contributed by atoms with Crippen molar-refractivity contribution in [1.82, 2.24) is 4.90 Å². The summed E-state index contributed by atoms with van der Waals surface area (Å²) in [4.78, 5) is 2.72. The zero-order valence-electron chi connectivity index (χ0n) is 12.7. The van der Waals surface area contributed by atoms with E-state index in [9.17, 15) is 0 Å². The fraction of sp³-hybridized carbons (Fsp3) is 1.00. The molecule has 0 aromatic rings. The van der Waals surface area contributed by atoms with E-state index in [-0.39, 0.29) is 0 Å². The van der Waals surface area contributed by atoms with Gasteiger partial charge in [-0.25, -0.2) is 0 Å². The van der Waals surface area contributed by atoms with Crippen LogP contribution >= 0.6 is 0 Å². The maximum Gasteiger partial charge on any atom is 0.0125 e. The molecule has 1 heterocycles. The molecule has 0 N–H and O–H groups in total. The van der Waals surface area contributed by atoms with Crippen molar-refractivity contribution in [2.75, 3.05) is 13.1 Å². The van der Waals surface area contributed by atoms with Gasteiger partial charge in [0.05, 0.1) is 0 Å². The van der Waals surface area contributed by atoms with E-state index in [0.717, 1.165) is 17.8 Å². The lowest BCUT2D eigenvalue weighted by atomic mass is 9.66. The van der Waals surface area contributed by atoms with Crippen molar-refractivity contribution < 1.29 is 0 Å². The van der Waals surface area contributed by atoms with E-state index in [4.69, 9.17) is 0 Å². The van der Waals surface area contributed by atoms with Gasteiger partial charge in [-0.15, -0.1) is 0 Å². The molecule has 2 fully saturated rings. The summed E-state index contributed by atoms with van der Waals surface area (Å²) >= 11 is 0. The number of rotatable bonds is 0. The van der Waals surface area contributed by atoms with Crippen LogP contribution < -0.4 is 0 Å². The molecule has 0 radical (unpaired) electrons. The van der Waals surface area contributed by atoms with Crippen molar-refractivity contribution in [3.63, 3.8) is 0 Å². The Hall–Kier alpha value is -0.0400. The van der Waals surface area contributed by atoms with Gasteiger partial charge in [0.2, 0.25) is 0 Å². The lowest BCUT2D eigenvalue weighted by Crippen LogP contribution is -2.39. The Morgan fingerprint density at radius 2 is 1.41 bits per heavy atom. The molecule has 1 saturated heterocycles. The number of nitrogens with zero attached hydrogens (tertiary/aromatic N) is 1. The summed E-state index contributed by atoms with van der Waals surface area (Å²) in [5, 5.41) is 0. The van der Waals surface area contributed by atoms with Crippen LogP contribution in [0.5, 0.6) is 0 Å². The summed E-state index contributed by atoms with van der Waals surface area (Å²) in [5.41, 5.74) is 0.884. The third-order valence-corrected chi connectivity index (χ3v) is 5.22. The molecule has 3 atom stereocenters. The van der Waals surface area contributed by atoms with Gasteiger partial charge < -0.3 is 0 Å². The van der Waals surface area contributed by atoms with Crippen LogP contribution in [-0.4, -0.2) is 23.5 Å². The molecule has 0 aromatic carbocycles. The second-order valence-electron chi connectivity index (χ2n) is 8.47. The van der Waals surface area contributed by atoms with Crippen molar-refractivity contribution >= 4 is 0 Å². The molecule has 0 aromatic heterocycles. The second-order valence-corrected chi connectivity index (χ2v) is 8.47. The zero-order chi connectivity index (χ0) is 12.8. The van der Waals surface area contributed by atoms with E-state index >= 15 is 0 Å². The normalized spacial score (nSPS) is 36.0. The van der Waals surface area contributed by atoms with Gasteiger partial charge in [0.1, 0.15) is 0 Å². The van der Waals surface area contributed by atoms with E-state index in [1.54, 1.807) is 0 Å². The molecule has 2 rings (SSSR count). The lowest BCUT2D eigenvalue weighted by molar-refractivity contribution is 0.121. The first kappa shape index (κ1) is 13.4. The van der Waals surface area contributed by atoms with Crippen LogP contribution in [0.4, 0.5) is 0 Å². The first-order valence-corrected chi connectivity index (χ1v) is 7.43. The minimum atomic E-state index is 0.370. The first-order valence-electron chi connectivity index (χ1n) is 7.43. The molecule has 0 bridgehead atoms. The minimum Gasteiger partial charge on any atom is -0.298 e. The average Bonchev–Trinajstić information content (AvgIpc) is 2.57. The Kier molecular flexibility index (Phi) is 3.36. The largest absolute Gasteiger partial charge is 0.298 e. The van der Waals surface area contributed by atoms with Gasteiger partial charge in [0.15, 0.2) is 0 Å². The van der Waals surface area contributed by atoms with E-state index in [1.807, 2.05) is 0 Å². The molecule has 0 amide bonds. The fourth-order valence-electron chi connectivity index (χ4n) is 3.77. The van der Waals surface area contributed by atoms with E-state index < -0.39 is 0 Å². The van der Waals surface area contributed by atoms with Gasteiger partial charge >= 0.3 is 0 Å². The minimum absolute atomic E-state index is 0.370. The van der Waals surface area contributed by atoms with E-state index in [0.29, 0.717) is 11.0 Å². The van der Waals surface area contributed by atoms with Crippen molar-refractivity contribution in [1.29, 1.82) is 0 Å². The Balaban J connectivity index is 1.99. The van der Waals surface area contributed by atoms with Crippen LogP contribution in [0.3, 0.4) is 0 Å². The van der Waals surface area contributed by atoms with Crippen LogP contribution in [0.15, 0.2) is 0 Å². The fourth-order valence-corrected chi connectivity index (χ4v) is 3.77. The zero-order valence-corrected chi connectivity index (χ0v) is 12.7. The van der Waals surface area contributed by atoms with E-state index in [2.05, 4.69) is 46.4 Å². The van der Waals surface area contributed by atoms with Gasteiger partial charge in [0, 0.05) is 18.6 Å². The number of hydrogen-bond acceptors (Lipinski definition) is 1. The highest BCUT2D eigenvalue weighted by Gasteiger charge is 2.42. The van der Waals surface area contributed by atoms with Crippen LogP contribution in [0.2, 0.25) is 0 Å². The molecular formula is C16H31N. The van der Waals surface area contributed by atoms with Gasteiger partial charge in [-0.05, 0) is 63.2 Å². The predicted octanol–water partition coefficient (Wildman–Crippen LogP) is 4.18. The highest BCUT2D eigenvalue weighted by molar-refractivity contribution is 4.95. The summed E-state index contributed by atoms with van der Waals surface area (Å²) in [7, 11) is 0. The monoisotopic (exact) mass is 237 g/mol. The number of hydrogen-bond donors (Lipinski definition) is 0. The Bertz CT molecular complexity index is 256. The Labute approximate surface area is 108 Å². The molecule has 0 spiro atoms. The molecule has 1 aliphatic heterocycles. The molecule has 1 saturated carbocycles. The summed E-state index contributed by atoms with van der Waals surface area (Å²) in [6, 6.07) is 0. The third kappa shape index (κ3) is 2.86. The maximum atomic E-state index is 2.72. The third-order valence-electron chi connectivity index (χ3n) is 5.22. The second kappa shape index (κ2) is 4.26. The summed E-state index contributed by atoms with van der Waals surface area (Å²) in [5.74, 6) is 2.92. The summed E-state index contributed by atoms with van der Waals surface area (Å²) < 4.78 is 0. The standard InChI is InChI=1S/C16H31N/c1-15(2,3)14-8-7-12-10-17(16(4,5)6)11-13(12)9-14/h12-14H,7-11H2,1-6H3. The van der Waals surface area contributed by atoms with Crippen molar-refractivity contribution in [3.8, 4) is 0 Å².